The van der Waals surface area contributed by atoms with Crippen molar-refractivity contribution in [1.29, 1.82) is 0 Å². The summed E-state index contributed by atoms with van der Waals surface area (Å²) in [6.07, 6.45) is -0.265. The minimum atomic E-state index is -3.87. The first-order valence-corrected chi connectivity index (χ1v) is 12.8. The molecule has 1 aliphatic heterocycles. The van der Waals surface area contributed by atoms with Gasteiger partial charge in [0, 0.05) is 44.3 Å². The van der Waals surface area contributed by atoms with E-state index in [0.29, 0.717) is 12.1 Å². The molecule has 0 spiro atoms. The van der Waals surface area contributed by atoms with Gasteiger partial charge >= 0.3 is 0 Å². The summed E-state index contributed by atoms with van der Waals surface area (Å²) >= 11 is 0. The highest BCUT2D eigenvalue weighted by Crippen LogP contribution is 2.34. The van der Waals surface area contributed by atoms with Crippen molar-refractivity contribution in [2.75, 3.05) is 40.5 Å². The van der Waals surface area contributed by atoms with Crippen LogP contribution in [-0.2, 0) is 21.3 Å². The predicted molar refractivity (Wildman–Crippen MR) is 132 cm³/mol. The summed E-state index contributed by atoms with van der Waals surface area (Å²) < 4.78 is 39.8. The number of sulfonamides is 1. The lowest BCUT2D eigenvalue weighted by Gasteiger charge is -2.37. The summed E-state index contributed by atoms with van der Waals surface area (Å²) in [4.78, 5) is 2.27. The molecule has 1 aliphatic rings. The van der Waals surface area contributed by atoms with Gasteiger partial charge in [-0.2, -0.15) is 4.31 Å². The van der Waals surface area contributed by atoms with Crippen LogP contribution < -0.4 is 4.74 Å². The third-order valence-electron chi connectivity index (χ3n) is 5.90. The summed E-state index contributed by atoms with van der Waals surface area (Å²) in [5, 5.41) is 9.78. The van der Waals surface area contributed by atoms with Gasteiger partial charge in [0.05, 0.1) is 6.61 Å². The maximum Gasteiger partial charge on any atom is 0.247 e. The van der Waals surface area contributed by atoms with E-state index in [1.54, 1.807) is 32.2 Å². The molecule has 0 fully saturated rings. The fourth-order valence-electron chi connectivity index (χ4n) is 4.00. The zero-order valence-electron chi connectivity index (χ0n) is 20.3. The second-order valence-electron chi connectivity index (χ2n) is 8.82. The molecule has 0 aromatic heterocycles. The fourth-order valence-corrected chi connectivity index (χ4v) is 5.82. The van der Waals surface area contributed by atoms with E-state index < -0.39 is 16.1 Å². The number of methoxy groups -OCH3 is 1. The van der Waals surface area contributed by atoms with Crippen LogP contribution in [0, 0.1) is 17.8 Å². The van der Waals surface area contributed by atoms with E-state index in [1.165, 1.54) is 9.87 Å². The van der Waals surface area contributed by atoms with Crippen molar-refractivity contribution in [3.05, 3.63) is 59.7 Å². The summed E-state index contributed by atoms with van der Waals surface area (Å²) in [7, 11) is -0.270. The molecule has 0 radical (unpaired) electrons. The summed E-state index contributed by atoms with van der Waals surface area (Å²) in [5.41, 5.74) is 1.84. The second kappa shape index (κ2) is 11.8. The van der Waals surface area contributed by atoms with Crippen LogP contribution in [0.1, 0.15) is 25.0 Å². The molecule has 184 valence electrons. The van der Waals surface area contributed by atoms with Crippen molar-refractivity contribution < 1.29 is 23.0 Å². The maximum atomic E-state index is 13.5. The summed E-state index contributed by atoms with van der Waals surface area (Å²) in [6, 6.07) is 14.5. The van der Waals surface area contributed by atoms with Gasteiger partial charge in [-0.1, -0.05) is 49.1 Å². The average Bonchev–Trinajstić information content (AvgIpc) is 2.81. The number of ether oxygens (including phenoxy) is 2. The van der Waals surface area contributed by atoms with Crippen molar-refractivity contribution in [2.45, 2.75) is 37.4 Å². The number of benzene rings is 2. The molecule has 3 rings (SSSR count). The molecular weight excluding hydrogens is 452 g/mol. The lowest BCUT2D eigenvalue weighted by molar-refractivity contribution is 0.0733. The molecule has 2 aromatic rings. The van der Waals surface area contributed by atoms with E-state index in [1.807, 2.05) is 32.2 Å². The molecule has 2 aromatic carbocycles. The van der Waals surface area contributed by atoms with Gasteiger partial charge in [0.15, 0.2) is 0 Å². The molecule has 1 N–H and O–H groups in total. The molecule has 8 heteroatoms. The third-order valence-corrected chi connectivity index (χ3v) is 7.92. The van der Waals surface area contributed by atoms with Gasteiger partial charge in [-0.15, -0.1) is 0 Å². The number of aliphatic hydroxyl groups is 1. The van der Waals surface area contributed by atoms with Gasteiger partial charge in [-0.05, 0) is 37.7 Å². The summed E-state index contributed by atoms with van der Waals surface area (Å²) in [5.74, 6) is 6.05. The number of nitrogens with zero attached hydrogens (tertiary/aromatic N) is 2. The largest absolute Gasteiger partial charge is 0.487 e. The minimum Gasteiger partial charge on any atom is -0.487 e. The number of hydrogen-bond donors (Lipinski definition) is 1. The zero-order chi connectivity index (χ0) is 24.7. The predicted octanol–water partition coefficient (Wildman–Crippen LogP) is 2.59. The number of aliphatic hydroxyl groups excluding tert-OH is 1. The zero-order valence-corrected chi connectivity index (χ0v) is 21.1. The van der Waals surface area contributed by atoms with E-state index in [9.17, 15) is 13.5 Å². The standard InChI is InChI=1S/C26H34N2O5S/c1-20-16-28(21(2)19-29)34(30,31)26-13-12-22(11-8-14-32-4)15-24(26)33-25(20)18-27(3)17-23-9-6-5-7-10-23/h5-7,9-10,12-13,15,20-21,25,29H,14,16-19H2,1-4H3/t20-,21+,25-/m0/s1. The fraction of sp³-hybridized carbons (Fsp3) is 0.462. The maximum absolute atomic E-state index is 13.5. The molecule has 7 nitrogen and oxygen atoms in total. The van der Waals surface area contributed by atoms with E-state index in [4.69, 9.17) is 9.47 Å². The van der Waals surface area contributed by atoms with Gasteiger partial charge in [0.2, 0.25) is 10.0 Å². The van der Waals surface area contributed by atoms with Crippen molar-refractivity contribution in [2.24, 2.45) is 5.92 Å². The molecule has 0 unspecified atom stereocenters. The smallest absolute Gasteiger partial charge is 0.247 e. The normalized spacial score (nSPS) is 20.9. The van der Waals surface area contributed by atoms with Crippen LogP contribution >= 0.6 is 0 Å². The highest BCUT2D eigenvalue weighted by molar-refractivity contribution is 7.89. The Labute approximate surface area is 203 Å². The lowest BCUT2D eigenvalue weighted by atomic mass is 10.0. The molecular formula is C26H34N2O5S. The highest BCUT2D eigenvalue weighted by atomic mass is 32.2. The Morgan fingerprint density at radius 1 is 1.26 bits per heavy atom. The Bertz CT molecular complexity index is 1110. The van der Waals surface area contributed by atoms with Crippen molar-refractivity contribution in [3.63, 3.8) is 0 Å². The van der Waals surface area contributed by atoms with Gasteiger partial charge in [0.1, 0.15) is 23.4 Å². The van der Waals surface area contributed by atoms with Crippen LogP contribution in [0.5, 0.6) is 5.75 Å². The third kappa shape index (κ3) is 6.38. The quantitative estimate of drug-likeness (QED) is 0.606. The number of hydrogen-bond acceptors (Lipinski definition) is 6. The van der Waals surface area contributed by atoms with Crippen LogP contribution in [0.2, 0.25) is 0 Å². The summed E-state index contributed by atoms with van der Waals surface area (Å²) in [6.45, 7) is 5.33. The van der Waals surface area contributed by atoms with E-state index in [0.717, 1.165) is 6.54 Å². The lowest BCUT2D eigenvalue weighted by Crippen LogP contribution is -2.49. The van der Waals surface area contributed by atoms with E-state index in [2.05, 4.69) is 28.9 Å². The number of likely N-dealkylation sites (N-methyl/N-ethyl adjacent to an activating group) is 1. The SMILES string of the molecule is COCC#Cc1ccc2c(c1)O[C@@H](CN(C)Cc1ccccc1)[C@@H](C)CN([C@H](C)CO)S2(=O)=O. The molecule has 0 aliphatic carbocycles. The first-order valence-electron chi connectivity index (χ1n) is 11.4. The topological polar surface area (TPSA) is 79.3 Å². The van der Waals surface area contributed by atoms with E-state index >= 15 is 0 Å². The van der Waals surface area contributed by atoms with Crippen molar-refractivity contribution in [3.8, 4) is 17.6 Å². The van der Waals surface area contributed by atoms with Crippen molar-refractivity contribution in [1.82, 2.24) is 9.21 Å². The van der Waals surface area contributed by atoms with Crippen LogP contribution in [0.3, 0.4) is 0 Å². The Hall–Kier alpha value is -2.41. The van der Waals surface area contributed by atoms with Crippen LogP contribution in [-0.4, -0.2) is 75.3 Å². The highest BCUT2D eigenvalue weighted by Gasteiger charge is 2.38. The second-order valence-corrected chi connectivity index (χ2v) is 10.7. The average molecular weight is 487 g/mol. The first kappa shape index (κ1) is 26.2. The van der Waals surface area contributed by atoms with Crippen LogP contribution in [0.15, 0.2) is 53.4 Å². The Balaban J connectivity index is 1.97. The van der Waals surface area contributed by atoms with Gasteiger partial charge in [-0.3, -0.25) is 4.90 Å². The minimum absolute atomic E-state index is 0.0905. The van der Waals surface area contributed by atoms with Gasteiger partial charge in [-0.25, -0.2) is 8.42 Å². The van der Waals surface area contributed by atoms with Crippen LogP contribution in [0.4, 0.5) is 0 Å². The molecule has 0 saturated carbocycles. The molecule has 3 atom stereocenters. The molecule has 1 heterocycles. The molecule has 0 saturated heterocycles. The molecule has 0 amide bonds. The van der Waals surface area contributed by atoms with Gasteiger partial charge in [0.25, 0.3) is 0 Å². The Morgan fingerprint density at radius 2 is 2.00 bits per heavy atom. The first-order chi connectivity index (χ1) is 16.3. The Kier molecular flexibility index (Phi) is 9.11. The monoisotopic (exact) mass is 486 g/mol. The number of rotatable bonds is 7. The number of fused-ring (bicyclic) bond motifs is 1. The molecule has 34 heavy (non-hydrogen) atoms. The molecule has 0 bridgehead atoms. The van der Waals surface area contributed by atoms with E-state index in [-0.39, 0.29) is 42.4 Å². The van der Waals surface area contributed by atoms with Crippen LogP contribution in [0.25, 0.3) is 0 Å². The van der Waals surface area contributed by atoms with Crippen molar-refractivity contribution >= 4 is 10.0 Å². The van der Waals surface area contributed by atoms with Gasteiger partial charge < -0.3 is 14.6 Å². The Morgan fingerprint density at radius 3 is 2.68 bits per heavy atom.